The standard InChI is InChI=1S/C29H32N8/c1-5-23(28-32-34-35-33-28)37-24-10-8-7-9-21(24)12-13-22-16-20(11-14-25(22)37)17-36-26(6-2)31-27-18(3)15-19(4)30-29(27)36/h7-11,14-16,23H,5-6,12-13,17H2,1-4H3,(H,32,33,34,35). The van der Waals surface area contributed by atoms with Crippen LogP contribution in [0.25, 0.3) is 11.2 Å². The van der Waals surface area contributed by atoms with Gasteiger partial charge in [0.25, 0.3) is 0 Å². The number of pyridine rings is 1. The summed E-state index contributed by atoms with van der Waals surface area (Å²) in [6.45, 7) is 9.27. The largest absolute Gasteiger partial charge is 0.330 e. The zero-order chi connectivity index (χ0) is 25.5. The van der Waals surface area contributed by atoms with E-state index in [1.165, 1.54) is 33.6 Å². The zero-order valence-corrected chi connectivity index (χ0v) is 21.9. The third kappa shape index (κ3) is 4.06. The topological polar surface area (TPSA) is 88.4 Å². The predicted octanol–water partition coefficient (Wildman–Crippen LogP) is 5.56. The molecule has 5 aromatic rings. The van der Waals surface area contributed by atoms with E-state index in [0.29, 0.717) is 0 Å². The lowest BCUT2D eigenvalue weighted by molar-refractivity contribution is 0.629. The quantitative estimate of drug-likeness (QED) is 0.334. The highest BCUT2D eigenvalue weighted by Gasteiger charge is 2.29. The van der Waals surface area contributed by atoms with E-state index >= 15 is 0 Å². The molecule has 3 aromatic heterocycles. The highest BCUT2D eigenvalue weighted by molar-refractivity contribution is 5.76. The van der Waals surface area contributed by atoms with E-state index in [9.17, 15) is 0 Å². The van der Waals surface area contributed by atoms with E-state index in [2.05, 4.69) is 106 Å². The molecule has 4 heterocycles. The molecule has 0 radical (unpaired) electrons. The van der Waals surface area contributed by atoms with Crippen molar-refractivity contribution in [3.8, 4) is 0 Å². The molecular weight excluding hydrogens is 460 g/mol. The minimum absolute atomic E-state index is 0.0123. The van der Waals surface area contributed by atoms with Crippen molar-refractivity contribution >= 4 is 22.5 Å². The molecule has 1 aliphatic heterocycles. The number of tetrazole rings is 1. The number of nitrogens with one attached hydrogen (secondary N) is 1. The average Bonchev–Trinajstić information content (AvgIpc) is 3.52. The van der Waals surface area contributed by atoms with E-state index in [0.717, 1.165) is 60.7 Å². The Hall–Kier alpha value is -4.07. The number of H-pyrrole nitrogens is 1. The van der Waals surface area contributed by atoms with Gasteiger partial charge in [0.2, 0.25) is 0 Å². The number of aryl methyl sites for hydroxylation is 5. The molecule has 0 amide bonds. The van der Waals surface area contributed by atoms with Crippen molar-refractivity contribution in [2.45, 2.75) is 66.0 Å². The second-order valence-electron chi connectivity index (χ2n) is 9.89. The van der Waals surface area contributed by atoms with Gasteiger partial charge in [-0.3, -0.25) is 0 Å². The molecule has 37 heavy (non-hydrogen) atoms. The number of hydrogen-bond donors (Lipinski definition) is 1. The van der Waals surface area contributed by atoms with Crippen molar-refractivity contribution in [1.29, 1.82) is 0 Å². The number of benzene rings is 2. The van der Waals surface area contributed by atoms with Crippen molar-refractivity contribution in [2.75, 3.05) is 4.90 Å². The monoisotopic (exact) mass is 492 g/mol. The Bertz CT molecular complexity index is 1570. The van der Waals surface area contributed by atoms with E-state index in [1.54, 1.807) is 0 Å². The van der Waals surface area contributed by atoms with Gasteiger partial charge in [-0.05, 0) is 84.0 Å². The van der Waals surface area contributed by atoms with Gasteiger partial charge in [-0.2, -0.15) is 0 Å². The Morgan fingerprint density at radius 1 is 0.946 bits per heavy atom. The summed E-state index contributed by atoms with van der Waals surface area (Å²) in [5.41, 5.74) is 10.6. The summed E-state index contributed by atoms with van der Waals surface area (Å²) in [5.74, 6) is 1.85. The Morgan fingerprint density at radius 2 is 1.76 bits per heavy atom. The van der Waals surface area contributed by atoms with E-state index < -0.39 is 0 Å². The van der Waals surface area contributed by atoms with E-state index in [1.807, 2.05) is 0 Å². The van der Waals surface area contributed by atoms with Crippen molar-refractivity contribution in [2.24, 2.45) is 0 Å². The number of nitrogens with zero attached hydrogens (tertiary/aromatic N) is 7. The first-order valence-electron chi connectivity index (χ1n) is 13.1. The molecular formula is C29H32N8. The minimum Gasteiger partial charge on any atom is -0.330 e. The lowest BCUT2D eigenvalue weighted by Gasteiger charge is -2.33. The van der Waals surface area contributed by atoms with Crippen LogP contribution in [0.1, 0.15) is 65.9 Å². The average molecular weight is 493 g/mol. The Morgan fingerprint density at radius 3 is 2.54 bits per heavy atom. The summed E-state index contributed by atoms with van der Waals surface area (Å²) < 4.78 is 2.29. The molecule has 0 spiro atoms. The maximum atomic E-state index is 4.94. The molecule has 1 unspecified atom stereocenters. The van der Waals surface area contributed by atoms with Crippen LogP contribution in [0.4, 0.5) is 11.4 Å². The van der Waals surface area contributed by atoms with E-state index in [4.69, 9.17) is 9.97 Å². The van der Waals surface area contributed by atoms with Crippen LogP contribution in [0.5, 0.6) is 0 Å². The van der Waals surface area contributed by atoms with Crippen LogP contribution in [0.15, 0.2) is 48.5 Å². The highest BCUT2D eigenvalue weighted by atomic mass is 15.5. The van der Waals surface area contributed by atoms with Gasteiger partial charge in [-0.1, -0.05) is 44.2 Å². The first-order valence-corrected chi connectivity index (χ1v) is 13.1. The first kappa shape index (κ1) is 23.3. The van der Waals surface area contributed by atoms with Gasteiger partial charge >= 0.3 is 0 Å². The molecule has 0 bridgehead atoms. The number of imidazole rings is 1. The highest BCUT2D eigenvalue weighted by Crippen LogP contribution is 2.42. The van der Waals surface area contributed by atoms with Gasteiger partial charge in [0.15, 0.2) is 11.5 Å². The van der Waals surface area contributed by atoms with Crippen LogP contribution < -0.4 is 4.90 Å². The third-order valence-electron chi connectivity index (χ3n) is 7.45. The Labute approximate surface area is 216 Å². The fourth-order valence-corrected chi connectivity index (χ4v) is 5.74. The van der Waals surface area contributed by atoms with Crippen molar-refractivity contribution in [3.63, 3.8) is 0 Å². The number of anilines is 2. The van der Waals surface area contributed by atoms with Crippen LogP contribution in [0, 0.1) is 13.8 Å². The lowest BCUT2D eigenvalue weighted by Crippen LogP contribution is -2.25. The number of hydrogen-bond acceptors (Lipinski definition) is 6. The molecule has 188 valence electrons. The summed E-state index contributed by atoms with van der Waals surface area (Å²) in [4.78, 5) is 12.2. The summed E-state index contributed by atoms with van der Waals surface area (Å²) in [7, 11) is 0. The van der Waals surface area contributed by atoms with Crippen molar-refractivity contribution in [1.82, 2.24) is 35.2 Å². The molecule has 2 aromatic carbocycles. The van der Waals surface area contributed by atoms with Gasteiger partial charge in [0, 0.05) is 23.5 Å². The molecule has 0 aliphatic carbocycles. The first-order chi connectivity index (χ1) is 18.1. The van der Waals surface area contributed by atoms with Crippen LogP contribution in [0.2, 0.25) is 0 Å². The van der Waals surface area contributed by atoms with Gasteiger partial charge in [0.05, 0.1) is 12.6 Å². The summed E-state index contributed by atoms with van der Waals surface area (Å²) in [6, 6.07) is 17.7. The van der Waals surface area contributed by atoms with E-state index in [-0.39, 0.29) is 6.04 Å². The SMILES string of the molecule is CCc1nc2c(C)cc(C)nc2n1Cc1ccc2c(c1)CCc1ccccc1N2C(CC)c1nnn[nH]1. The van der Waals surface area contributed by atoms with Crippen LogP contribution in [-0.4, -0.2) is 35.2 Å². The molecule has 1 aliphatic rings. The molecule has 0 saturated carbocycles. The lowest BCUT2D eigenvalue weighted by atomic mass is 10.0. The smallest absolute Gasteiger partial charge is 0.171 e. The van der Waals surface area contributed by atoms with Crippen LogP contribution >= 0.6 is 0 Å². The fourth-order valence-electron chi connectivity index (χ4n) is 5.74. The summed E-state index contributed by atoms with van der Waals surface area (Å²) in [5, 5.41) is 15.0. The van der Waals surface area contributed by atoms with Crippen molar-refractivity contribution in [3.05, 3.63) is 88.1 Å². The summed E-state index contributed by atoms with van der Waals surface area (Å²) in [6.07, 6.45) is 3.70. The maximum Gasteiger partial charge on any atom is 0.171 e. The predicted molar refractivity (Wildman–Crippen MR) is 145 cm³/mol. The molecule has 0 saturated heterocycles. The molecule has 1 N–H and O–H groups in total. The number of aromatic amines is 1. The molecule has 0 fully saturated rings. The second kappa shape index (κ2) is 9.42. The summed E-state index contributed by atoms with van der Waals surface area (Å²) >= 11 is 0. The fraction of sp³-hybridized carbons (Fsp3) is 0.345. The van der Waals surface area contributed by atoms with Crippen LogP contribution in [-0.2, 0) is 25.8 Å². The molecule has 8 heteroatoms. The Balaban J connectivity index is 1.45. The molecule has 6 rings (SSSR count). The number of para-hydroxylation sites is 1. The Kier molecular flexibility index (Phi) is 5.94. The van der Waals surface area contributed by atoms with Crippen LogP contribution in [0.3, 0.4) is 0 Å². The van der Waals surface area contributed by atoms with Gasteiger partial charge < -0.3 is 9.47 Å². The molecule has 8 nitrogen and oxygen atoms in total. The normalized spacial score (nSPS) is 13.9. The zero-order valence-electron chi connectivity index (χ0n) is 21.9. The molecule has 1 atom stereocenters. The minimum atomic E-state index is 0.0123. The number of aromatic nitrogens is 7. The number of rotatable bonds is 6. The van der Waals surface area contributed by atoms with Gasteiger partial charge in [0.1, 0.15) is 11.3 Å². The second-order valence-corrected chi connectivity index (χ2v) is 9.89. The van der Waals surface area contributed by atoms with Crippen molar-refractivity contribution < 1.29 is 0 Å². The third-order valence-corrected chi connectivity index (χ3v) is 7.45. The van der Waals surface area contributed by atoms with Gasteiger partial charge in [-0.15, -0.1) is 5.10 Å². The maximum absolute atomic E-state index is 4.94. The number of fused-ring (bicyclic) bond motifs is 3. The van der Waals surface area contributed by atoms with Gasteiger partial charge in [-0.25, -0.2) is 15.1 Å².